The van der Waals surface area contributed by atoms with E-state index >= 15 is 0 Å². The fourth-order valence-corrected chi connectivity index (χ4v) is 7.02. The molecular formula is C30H44. The summed E-state index contributed by atoms with van der Waals surface area (Å²) < 4.78 is 0. The lowest BCUT2D eigenvalue weighted by atomic mass is 9.61. The average Bonchev–Trinajstić information content (AvgIpc) is 2.78. The van der Waals surface area contributed by atoms with Crippen molar-refractivity contribution in [3.63, 3.8) is 0 Å². The third-order valence-corrected chi connectivity index (χ3v) is 8.78. The van der Waals surface area contributed by atoms with E-state index in [0.717, 1.165) is 29.6 Å². The Morgan fingerprint density at radius 3 is 2.33 bits per heavy atom. The minimum atomic E-state index is 0.958. The van der Waals surface area contributed by atoms with Crippen LogP contribution in [-0.4, -0.2) is 0 Å². The highest BCUT2D eigenvalue weighted by molar-refractivity contribution is 5.34. The predicted octanol–water partition coefficient (Wildman–Crippen LogP) is 8.49. The maximum atomic E-state index is 2.53. The van der Waals surface area contributed by atoms with Crippen molar-refractivity contribution in [1.29, 1.82) is 0 Å². The van der Waals surface area contributed by atoms with Crippen molar-refractivity contribution in [3.8, 4) is 0 Å². The number of hydrogen-bond donors (Lipinski definition) is 0. The molecule has 0 aromatic heterocycles. The van der Waals surface area contributed by atoms with Crippen molar-refractivity contribution < 1.29 is 0 Å². The van der Waals surface area contributed by atoms with E-state index < -0.39 is 0 Å². The molecule has 3 aliphatic rings. The van der Waals surface area contributed by atoms with E-state index in [1.807, 2.05) is 0 Å². The average molecular weight is 405 g/mol. The second kappa shape index (κ2) is 10.8. The summed E-state index contributed by atoms with van der Waals surface area (Å²) in [4.78, 5) is 0. The van der Waals surface area contributed by atoms with Gasteiger partial charge in [0.1, 0.15) is 0 Å². The molecule has 2 saturated carbocycles. The van der Waals surface area contributed by atoms with E-state index in [0.29, 0.717) is 0 Å². The number of rotatable bonds is 7. The van der Waals surface area contributed by atoms with E-state index in [9.17, 15) is 0 Å². The molecule has 0 heterocycles. The van der Waals surface area contributed by atoms with E-state index in [-0.39, 0.29) is 0 Å². The lowest BCUT2D eigenvalue weighted by Crippen LogP contribution is -2.35. The molecule has 0 nitrogen and oxygen atoms in total. The molecule has 0 radical (unpaired) electrons. The number of hydrogen-bond acceptors (Lipinski definition) is 0. The Morgan fingerprint density at radius 2 is 1.50 bits per heavy atom. The van der Waals surface area contributed by atoms with Crippen LogP contribution in [0.5, 0.6) is 0 Å². The van der Waals surface area contributed by atoms with Crippen molar-refractivity contribution in [3.05, 3.63) is 59.2 Å². The first kappa shape index (κ1) is 21.9. The monoisotopic (exact) mass is 404 g/mol. The molecule has 0 spiro atoms. The molecule has 5 atom stereocenters. The standard InChI is InChI=1S/C30H44/c1-3-5-7-9-23-11-13-27-21-29(17-15-25(27)19-23)30-18-16-26-20-24(10-8-6-4-2)12-14-28(26)22-30/h3-6,11,13,19,24,26,28-30H,7-10,12,14-18,20-22H2,1-2H3. The molecule has 1 aromatic rings. The molecule has 0 heteroatoms. The van der Waals surface area contributed by atoms with Gasteiger partial charge in [0.2, 0.25) is 0 Å². The van der Waals surface area contributed by atoms with Gasteiger partial charge in [0.15, 0.2) is 0 Å². The second-order valence-electron chi connectivity index (χ2n) is 10.6. The smallest absolute Gasteiger partial charge is 0.0244 e. The van der Waals surface area contributed by atoms with Gasteiger partial charge in [-0.1, -0.05) is 48.9 Å². The van der Waals surface area contributed by atoms with Crippen molar-refractivity contribution in [1.82, 2.24) is 0 Å². The Morgan fingerprint density at radius 1 is 0.767 bits per heavy atom. The molecule has 4 rings (SSSR count). The minimum absolute atomic E-state index is 0.958. The summed E-state index contributed by atoms with van der Waals surface area (Å²) >= 11 is 0. The molecule has 30 heavy (non-hydrogen) atoms. The van der Waals surface area contributed by atoms with Crippen LogP contribution >= 0.6 is 0 Å². The molecular weight excluding hydrogens is 360 g/mol. The van der Waals surface area contributed by atoms with Crippen molar-refractivity contribution in [2.75, 3.05) is 0 Å². The Hall–Kier alpha value is -1.30. The molecule has 0 bridgehead atoms. The van der Waals surface area contributed by atoms with Crippen LogP contribution < -0.4 is 0 Å². The molecule has 5 unspecified atom stereocenters. The third-order valence-electron chi connectivity index (χ3n) is 8.78. The number of aryl methyl sites for hydroxylation is 2. The van der Waals surface area contributed by atoms with Crippen molar-refractivity contribution in [2.45, 2.75) is 97.3 Å². The Kier molecular flexibility index (Phi) is 7.91. The largest absolute Gasteiger partial charge is 0.0917 e. The molecule has 0 amide bonds. The van der Waals surface area contributed by atoms with Crippen LogP contribution in [0.3, 0.4) is 0 Å². The normalized spacial score (nSPS) is 31.7. The van der Waals surface area contributed by atoms with Gasteiger partial charge in [-0.05, 0) is 137 Å². The van der Waals surface area contributed by atoms with Crippen LogP contribution in [0.25, 0.3) is 0 Å². The van der Waals surface area contributed by atoms with Crippen LogP contribution in [-0.2, 0) is 19.3 Å². The van der Waals surface area contributed by atoms with Crippen LogP contribution in [0.2, 0.25) is 0 Å². The highest BCUT2D eigenvalue weighted by Gasteiger charge is 2.38. The first-order chi connectivity index (χ1) is 14.8. The fraction of sp³-hybridized carbons (Fsp3) is 0.667. The summed E-state index contributed by atoms with van der Waals surface area (Å²) in [5.74, 6) is 5.09. The Bertz CT molecular complexity index is 724. The zero-order valence-corrected chi connectivity index (χ0v) is 19.6. The topological polar surface area (TPSA) is 0 Å². The first-order valence-electron chi connectivity index (χ1n) is 13.1. The highest BCUT2D eigenvalue weighted by Crippen LogP contribution is 2.49. The van der Waals surface area contributed by atoms with Crippen LogP contribution in [0.4, 0.5) is 0 Å². The molecule has 0 aliphatic heterocycles. The van der Waals surface area contributed by atoms with Crippen LogP contribution in [0.1, 0.15) is 94.7 Å². The summed E-state index contributed by atoms with van der Waals surface area (Å²) in [7, 11) is 0. The lowest BCUT2D eigenvalue weighted by Gasteiger charge is -2.45. The van der Waals surface area contributed by atoms with E-state index in [1.54, 1.807) is 24.0 Å². The molecule has 0 N–H and O–H groups in total. The number of benzene rings is 1. The van der Waals surface area contributed by atoms with Crippen molar-refractivity contribution >= 4 is 0 Å². The maximum Gasteiger partial charge on any atom is -0.0244 e. The molecule has 3 aliphatic carbocycles. The zero-order chi connectivity index (χ0) is 20.8. The summed E-state index contributed by atoms with van der Waals surface area (Å²) in [5.41, 5.74) is 4.88. The van der Waals surface area contributed by atoms with Crippen LogP contribution in [0.15, 0.2) is 42.5 Å². The summed E-state index contributed by atoms with van der Waals surface area (Å²) in [6.45, 7) is 4.28. The van der Waals surface area contributed by atoms with Gasteiger partial charge in [0, 0.05) is 0 Å². The van der Waals surface area contributed by atoms with E-state index in [4.69, 9.17) is 0 Å². The van der Waals surface area contributed by atoms with E-state index in [1.165, 1.54) is 76.2 Å². The Labute approximate surface area is 186 Å². The second-order valence-corrected chi connectivity index (χ2v) is 10.6. The molecule has 164 valence electrons. The molecule has 1 aromatic carbocycles. The summed E-state index contributed by atoms with van der Waals surface area (Å²) in [5, 5.41) is 0. The highest BCUT2D eigenvalue weighted by atomic mass is 14.4. The van der Waals surface area contributed by atoms with Gasteiger partial charge in [-0.3, -0.25) is 0 Å². The quantitative estimate of drug-likeness (QED) is 0.400. The van der Waals surface area contributed by atoms with Gasteiger partial charge in [0.25, 0.3) is 0 Å². The van der Waals surface area contributed by atoms with Gasteiger partial charge in [0.05, 0.1) is 0 Å². The van der Waals surface area contributed by atoms with Crippen molar-refractivity contribution in [2.24, 2.45) is 29.6 Å². The minimum Gasteiger partial charge on any atom is -0.0917 e. The molecule has 0 saturated heterocycles. The third kappa shape index (κ3) is 5.49. The fourth-order valence-electron chi connectivity index (χ4n) is 7.02. The lowest BCUT2D eigenvalue weighted by molar-refractivity contribution is 0.0699. The summed E-state index contributed by atoms with van der Waals surface area (Å²) in [6, 6.07) is 7.42. The zero-order valence-electron chi connectivity index (χ0n) is 19.6. The van der Waals surface area contributed by atoms with E-state index in [2.05, 4.69) is 56.4 Å². The number of allylic oxidation sites excluding steroid dienone is 4. The maximum absolute atomic E-state index is 2.53. The van der Waals surface area contributed by atoms with Gasteiger partial charge in [-0.25, -0.2) is 0 Å². The van der Waals surface area contributed by atoms with Crippen LogP contribution in [0, 0.1) is 29.6 Å². The van der Waals surface area contributed by atoms with Gasteiger partial charge in [-0.2, -0.15) is 0 Å². The summed E-state index contributed by atoms with van der Waals surface area (Å²) in [6.07, 6.45) is 27.5. The number of fused-ring (bicyclic) bond motifs is 2. The predicted molar refractivity (Wildman–Crippen MR) is 131 cm³/mol. The SMILES string of the molecule is CC=CCCc1ccc2c(c1)CCC(C1CCC3CC(CCC=CC)CCC3C1)C2. The van der Waals surface area contributed by atoms with Gasteiger partial charge in [-0.15, -0.1) is 0 Å². The first-order valence-corrected chi connectivity index (χ1v) is 13.1. The molecule has 2 fully saturated rings. The van der Waals surface area contributed by atoms with Gasteiger partial charge < -0.3 is 0 Å². The van der Waals surface area contributed by atoms with Gasteiger partial charge >= 0.3 is 0 Å². The Balaban J connectivity index is 1.29.